The summed E-state index contributed by atoms with van der Waals surface area (Å²) in [5.41, 5.74) is 2.39. The standard InChI is InChI=1S/C15H17N3S2/c1-4-6-16-14-12-9(2)10(3)20-15(12)18-13(17-14)11-5-7-19-8-11/h5,7-8H,4,6H2,1-3H3,(H,16,17,18). The molecule has 20 heavy (non-hydrogen) atoms. The first-order chi connectivity index (χ1) is 9.70. The molecule has 0 aromatic carbocycles. The first kappa shape index (κ1) is 13.5. The largest absolute Gasteiger partial charge is 0.369 e. The van der Waals surface area contributed by atoms with Gasteiger partial charge in [0, 0.05) is 22.4 Å². The summed E-state index contributed by atoms with van der Waals surface area (Å²) in [6, 6.07) is 2.07. The minimum absolute atomic E-state index is 0.818. The minimum Gasteiger partial charge on any atom is -0.369 e. The van der Waals surface area contributed by atoms with Crippen molar-refractivity contribution in [1.29, 1.82) is 0 Å². The number of hydrogen-bond acceptors (Lipinski definition) is 5. The molecule has 104 valence electrons. The lowest BCUT2D eigenvalue weighted by atomic mass is 10.2. The molecule has 3 nitrogen and oxygen atoms in total. The Kier molecular flexibility index (Phi) is 3.72. The number of fused-ring (bicyclic) bond motifs is 1. The van der Waals surface area contributed by atoms with Crippen molar-refractivity contribution < 1.29 is 0 Å². The van der Waals surface area contributed by atoms with Crippen LogP contribution in [0.4, 0.5) is 5.82 Å². The van der Waals surface area contributed by atoms with Gasteiger partial charge in [-0.15, -0.1) is 11.3 Å². The smallest absolute Gasteiger partial charge is 0.163 e. The molecule has 0 saturated heterocycles. The van der Waals surface area contributed by atoms with Gasteiger partial charge in [0.1, 0.15) is 10.6 Å². The summed E-state index contributed by atoms with van der Waals surface area (Å²) in [7, 11) is 0. The van der Waals surface area contributed by atoms with Crippen LogP contribution in [0.1, 0.15) is 23.8 Å². The second-order valence-electron chi connectivity index (χ2n) is 4.80. The fraction of sp³-hybridized carbons (Fsp3) is 0.333. The minimum atomic E-state index is 0.818. The molecule has 0 aliphatic heterocycles. The van der Waals surface area contributed by atoms with Crippen molar-refractivity contribution in [2.45, 2.75) is 27.2 Å². The van der Waals surface area contributed by atoms with Crippen LogP contribution in [0, 0.1) is 13.8 Å². The molecular weight excluding hydrogens is 286 g/mol. The van der Waals surface area contributed by atoms with Gasteiger partial charge in [0.15, 0.2) is 5.82 Å². The number of aryl methyl sites for hydroxylation is 2. The highest BCUT2D eigenvalue weighted by Crippen LogP contribution is 2.35. The van der Waals surface area contributed by atoms with Crippen LogP contribution in [0.5, 0.6) is 0 Å². The van der Waals surface area contributed by atoms with Crippen molar-refractivity contribution in [2.75, 3.05) is 11.9 Å². The van der Waals surface area contributed by atoms with Crippen LogP contribution in [-0.2, 0) is 0 Å². The summed E-state index contributed by atoms with van der Waals surface area (Å²) in [6.07, 6.45) is 1.08. The third-order valence-electron chi connectivity index (χ3n) is 3.35. The lowest BCUT2D eigenvalue weighted by Crippen LogP contribution is -2.04. The van der Waals surface area contributed by atoms with Crippen LogP contribution in [0.15, 0.2) is 16.8 Å². The molecular formula is C15H17N3S2. The van der Waals surface area contributed by atoms with Crippen LogP contribution in [0.25, 0.3) is 21.6 Å². The lowest BCUT2D eigenvalue weighted by molar-refractivity contribution is 0.970. The van der Waals surface area contributed by atoms with Crippen molar-refractivity contribution in [2.24, 2.45) is 0 Å². The quantitative estimate of drug-likeness (QED) is 0.748. The van der Waals surface area contributed by atoms with E-state index >= 15 is 0 Å². The second-order valence-corrected chi connectivity index (χ2v) is 6.78. The van der Waals surface area contributed by atoms with Gasteiger partial charge in [-0.05, 0) is 37.3 Å². The number of thiophene rings is 2. The van der Waals surface area contributed by atoms with Crippen molar-refractivity contribution >= 4 is 38.7 Å². The highest BCUT2D eigenvalue weighted by molar-refractivity contribution is 7.18. The molecule has 0 amide bonds. The van der Waals surface area contributed by atoms with Crippen LogP contribution >= 0.6 is 22.7 Å². The Labute approximate surface area is 126 Å². The predicted octanol–water partition coefficient (Wildman–Crippen LogP) is 4.86. The topological polar surface area (TPSA) is 37.8 Å². The molecule has 0 spiro atoms. The van der Waals surface area contributed by atoms with E-state index in [2.05, 4.69) is 42.9 Å². The van der Waals surface area contributed by atoms with Gasteiger partial charge in [-0.2, -0.15) is 11.3 Å². The number of nitrogens with zero attached hydrogens (tertiary/aromatic N) is 2. The third kappa shape index (κ3) is 2.31. The predicted molar refractivity (Wildman–Crippen MR) is 89.0 cm³/mol. The molecule has 0 fully saturated rings. The first-order valence-electron chi connectivity index (χ1n) is 6.75. The van der Waals surface area contributed by atoms with E-state index < -0.39 is 0 Å². The summed E-state index contributed by atoms with van der Waals surface area (Å²) in [5, 5.41) is 8.79. The zero-order chi connectivity index (χ0) is 14.1. The monoisotopic (exact) mass is 303 g/mol. The maximum absolute atomic E-state index is 4.75. The van der Waals surface area contributed by atoms with Crippen molar-refractivity contribution in [3.05, 3.63) is 27.3 Å². The van der Waals surface area contributed by atoms with Gasteiger partial charge in [-0.1, -0.05) is 6.92 Å². The van der Waals surface area contributed by atoms with Crippen LogP contribution in [-0.4, -0.2) is 16.5 Å². The van der Waals surface area contributed by atoms with Crippen molar-refractivity contribution in [3.63, 3.8) is 0 Å². The van der Waals surface area contributed by atoms with E-state index in [1.54, 1.807) is 22.7 Å². The highest BCUT2D eigenvalue weighted by Gasteiger charge is 2.15. The number of anilines is 1. The fourth-order valence-corrected chi connectivity index (χ4v) is 3.81. The van der Waals surface area contributed by atoms with E-state index in [0.717, 1.165) is 35.0 Å². The summed E-state index contributed by atoms with van der Waals surface area (Å²) in [6.45, 7) is 7.40. The average Bonchev–Trinajstić information content (AvgIpc) is 3.06. The van der Waals surface area contributed by atoms with Crippen LogP contribution < -0.4 is 5.32 Å². The maximum Gasteiger partial charge on any atom is 0.163 e. The molecule has 0 aliphatic rings. The molecule has 0 unspecified atom stereocenters. The van der Waals surface area contributed by atoms with Gasteiger partial charge in [0.2, 0.25) is 0 Å². The normalized spacial score (nSPS) is 11.2. The second kappa shape index (κ2) is 5.50. The van der Waals surface area contributed by atoms with Crippen molar-refractivity contribution in [3.8, 4) is 11.4 Å². The Bertz CT molecular complexity index is 729. The lowest BCUT2D eigenvalue weighted by Gasteiger charge is -2.08. The molecule has 1 N–H and O–H groups in total. The number of aromatic nitrogens is 2. The van der Waals surface area contributed by atoms with E-state index in [0.29, 0.717) is 0 Å². The summed E-state index contributed by atoms with van der Waals surface area (Å²) in [4.78, 5) is 11.9. The van der Waals surface area contributed by atoms with Crippen LogP contribution in [0.3, 0.4) is 0 Å². The van der Waals surface area contributed by atoms with E-state index in [-0.39, 0.29) is 0 Å². The number of nitrogens with one attached hydrogen (secondary N) is 1. The zero-order valence-electron chi connectivity index (χ0n) is 11.9. The maximum atomic E-state index is 4.75. The van der Waals surface area contributed by atoms with E-state index in [1.807, 2.05) is 0 Å². The molecule has 3 heterocycles. The van der Waals surface area contributed by atoms with Crippen molar-refractivity contribution in [1.82, 2.24) is 9.97 Å². The highest BCUT2D eigenvalue weighted by atomic mass is 32.1. The Hall–Kier alpha value is -1.46. The van der Waals surface area contributed by atoms with Gasteiger partial charge < -0.3 is 5.32 Å². The van der Waals surface area contributed by atoms with E-state index in [4.69, 9.17) is 9.97 Å². The van der Waals surface area contributed by atoms with Gasteiger partial charge in [-0.3, -0.25) is 0 Å². The molecule has 0 atom stereocenters. The molecule has 0 radical (unpaired) electrons. The molecule has 3 rings (SSSR count). The molecule has 0 aliphatic carbocycles. The molecule has 3 aromatic rings. The Morgan fingerprint density at radius 2 is 2.10 bits per heavy atom. The van der Waals surface area contributed by atoms with Gasteiger partial charge in [0.05, 0.1) is 5.39 Å². The Morgan fingerprint density at radius 3 is 2.80 bits per heavy atom. The molecule has 0 bridgehead atoms. The molecule has 0 saturated carbocycles. The average molecular weight is 303 g/mol. The zero-order valence-corrected chi connectivity index (χ0v) is 13.5. The van der Waals surface area contributed by atoms with Gasteiger partial charge in [0.25, 0.3) is 0 Å². The number of rotatable bonds is 4. The molecule has 3 aromatic heterocycles. The fourth-order valence-electron chi connectivity index (χ4n) is 2.14. The third-order valence-corrected chi connectivity index (χ3v) is 5.13. The van der Waals surface area contributed by atoms with Gasteiger partial charge in [-0.25, -0.2) is 9.97 Å². The van der Waals surface area contributed by atoms with E-state index in [1.165, 1.54) is 15.8 Å². The first-order valence-corrected chi connectivity index (χ1v) is 8.50. The van der Waals surface area contributed by atoms with E-state index in [9.17, 15) is 0 Å². The number of hydrogen-bond donors (Lipinski definition) is 1. The summed E-state index contributed by atoms with van der Waals surface area (Å²) in [5.74, 6) is 1.79. The SMILES string of the molecule is CCCNc1nc(-c2ccsc2)nc2sc(C)c(C)c12. The Balaban J connectivity index is 2.20. The summed E-state index contributed by atoms with van der Waals surface area (Å²) < 4.78 is 0. The Morgan fingerprint density at radius 1 is 1.25 bits per heavy atom. The summed E-state index contributed by atoms with van der Waals surface area (Å²) >= 11 is 3.42. The van der Waals surface area contributed by atoms with Crippen LogP contribution in [0.2, 0.25) is 0 Å². The molecule has 5 heteroatoms. The van der Waals surface area contributed by atoms with Gasteiger partial charge >= 0.3 is 0 Å².